The number of phenols is 1. The molecule has 0 saturated carbocycles. The molecule has 0 aliphatic carbocycles. The fourth-order valence-corrected chi connectivity index (χ4v) is 2.02. The fourth-order valence-electron chi connectivity index (χ4n) is 1.50. The van der Waals surface area contributed by atoms with E-state index in [0.717, 1.165) is 11.1 Å². The summed E-state index contributed by atoms with van der Waals surface area (Å²) >= 11 is 0. The van der Waals surface area contributed by atoms with Crippen molar-refractivity contribution in [3.63, 3.8) is 0 Å². The molecule has 0 heterocycles. The van der Waals surface area contributed by atoms with Crippen molar-refractivity contribution in [2.45, 2.75) is 45.8 Å². The summed E-state index contributed by atoms with van der Waals surface area (Å²) in [6.07, 6.45) is 0. The minimum Gasteiger partial charge on any atom is -0.508 e. The van der Waals surface area contributed by atoms with E-state index in [-0.39, 0.29) is 5.41 Å². The van der Waals surface area contributed by atoms with Gasteiger partial charge in [0.25, 0.3) is 0 Å². The predicted molar refractivity (Wildman–Crippen MR) is 77.0 cm³/mol. The van der Waals surface area contributed by atoms with Crippen molar-refractivity contribution in [2.75, 3.05) is 0 Å². The van der Waals surface area contributed by atoms with E-state index in [1.165, 1.54) is 0 Å². The Bertz CT molecular complexity index is 464. The lowest BCUT2D eigenvalue weighted by Gasteiger charge is -2.20. The van der Waals surface area contributed by atoms with Crippen molar-refractivity contribution in [1.29, 1.82) is 0 Å². The number of rotatable bonds is 0. The first-order valence-electron chi connectivity index (χ1n) is 5.96. The number of hydrogen-bond acceptors (Lipinski definition) is 1. The molecular weight excluding hydrogens is 224 g/mol. The summed E-state index contributed by atoms with van der Waals surface area (Å²) in [7, 11) is -1.35. The maximum Gasteiger partial charge on any atom is 0.129 e. The quantitative estimate of drug-likeness (QED) is 0.543. The zero-order chi connectivity index (χ0) is 13.3. The van der Waals surface area contributed by atoms with Gasteiger partial charge in [-0.1, -0.05) is 52.4 Å². The second kappa shape index (κ2) is 4.58. The molecule has 0 unspecified atom stereocenters. The molecule has 0 fully saturated rings. The largest absolute Gasteiger partial charge is 0.508 e. The summed E-state index contributed by atoms with van der Waals surface area (Å²) < 4.78 is 0. The molecule has 0 aliphatic heterocycles. The average molecular weight is 246 g/mol. The normalized spacial score (nSPS) is 11.9. The average Bonchev–Trinajstić information content (AvgIpc) is 2.11. The highest BCUT2D eigenvalue weighted by molar-refractivity contribution is 6.83. The molecule has 17 heavy (non-hydrogen) atoms. The maximum absolute atomic E-state index is 10.00. The summed E-state index contributed by atoms with van der Waals surface area (Å²) in [6, 6.07) is 5.74. The number of phenolic OH excluding ortho intramolecular Hbond substituents is 1. The molecule has 1 aromatic rings. The number of aromatic hydroxyl groups is 1. The van der Waals surface area contributed by atoms with Gasteiger partial charge in [-0.2, -0.15) is 0 Å². The molecule has 1 rings (SSSR count). The van der Waals surface area contributed by atoms with Crippen LogP contribution in [0.4, 0.5) is 0 Å². The minimum absolute atomic E-state index is 0.0329. The highest BCUT2D eigenvalue weighted by Gasteiger charge is 2.17. The molecule has 0 atom stereocenters. The third kappa shape index (κ3) is 4.28. The second-order valence-corrected chi connectivity index (χ2v) is 11.2. The van der Waals surface area contributed by atoms with Crippen LogP contribution >= 0.6 is 0 Å². The van der Waals surface area contributed by atoms with Crippen molar-refractivity contribution < 1.29 is 5.11 Å². The Hall–Kier alpha value is -1.20. The van der Waals surface area contributed by atoms with Crippen molar-refractivity contribution in [3.8, 4) is 17.2 Å². The summed E-state index contributed by atoms with van der Waals surface area (Å²) in [5.74, 6) is 3.50. The van der Waals surface area contributed by atoms with Crippen LogP contribution in [0.5, 0.6) is 5.75 Å². The van der Waals surface area contributed by atoms with Crippen LogP contribution < -0.4 is 0 Å². The lowest BCUT2D eigenvalue weighted by molar-refractivity contribution is 0.446. The van der Waals surface area contributed by atoms with E-state index in [9.17, 15) is 5.11 Å². The first-order valence-corrected chi connectivity index (χ1v) is 9.46. The van der Waals surface area contributed by atoms with E-state index in [2.05, 4.69) is 51.9 Å². The third-order valence-corrected chi connectivity index (χ3v) is 3.26. The van der Waals surface area contributed by atoms with Gasteiger partial charge in [0.15, 0.2) is 0 Å². The van der Waals surface area contributed by atoms with Crippen LogP contribution in [0.3, 0.4) is 0 Å². The van der Waals surface area contributed by atoms with E-state index in [0.29, 0.717) is 5.75 Å². The molecule has 0 saturated heterocycles. The third-order valence-electron chi connectivity index (χ3n) is 2.39. The standard InChI is InChI=1S/C15H22OSi/c1-15(2,3)13-8-7-12(11-14(13)16)9-10-17(4,5)6/h7-8,11,16H,1-6H3. The van der Waals surface area contributed by atoms with Crippen LogP contribution in [0.15, 0.2) is 18.2 Å². The molecule has 1 nitrogen and oxygen atoms in total. The monoisotopic (exact) mass is 246 g/mol. The van der Waals surface area contributed by atoms with E-state index in [1.54, 1.807) is 6.07 Å². The van der Waals surface area contributed by atoms with Gasteiger partial charge >= 0.3 is 0 Å². The molecule has 92 valence electrons. The predicted octanol–water partition coefficient (Wildman–Crippen LogP) is 3.92. The lowest BCUT2D eigenvalue weighted by Crippen LogP contribution is -2.16. The topological polar surface area (TPSA) is 20.2 Å². The molecule has 0 aliphatic rings. The molecule has 0 spiro atoms. The van der Waals surface area contributed by atoms with E-state index < -0.39 is 8.07 Å². The van der Waals surface area contributed by atoms with E-state index >= 15 is 0 Å². The van der Waals surface area contributed by atoms with Crippen LogP contribution in [0.2, 0.25) is 19.6 Å². The first kappa shape index (κ1) is 13.9. The number of hydrogen-bond donors (Lipinski definition) is 1. The Morgan fingerprint density at radius 1 is 1.12 bits per heavy atom. The summed E-state index contributed by atoms with van der Waals surface area (Å²) in [4.78, 5) is 0. The van der Waals surface area contributed by atoms with Crippen LogP contribution in [-0.2, 0) is 5.41 Å². The minimum atomic E-state index is -1.35. The van der Waals surface area contributed by atoms with Gasteiger partial charge in [0.2, 0.25) is 0 Å². The van der Waals surface area contributed by atoms with Gasteiger partial charge in [0, 0.05) is 5.56 Å². The molecule has 0 aromatic heterocycles. The Morgan fingerprint density at radius 2 is 1.71 bits per heavy atom. The Morgan fingerprint density at radius 3 is 2.12 bits per heavy atom. The van der Waals surface area contributed by atoms with Crippen molar-refractivity contribution >= 4 is 8.07 Å². The fraction of sp³-hybridized carbons (Fsp3) is 0.467. The highest BCUT2D eigenvalue weighted by Crippen LogP contribution is 2.30. The van der Waals surface area contributed by atoms with E-state index in [1.807, 2.05) is 12.1 Å². The maximum atomic E-state index is 10.00. The summed E-state index contributed by atoms with van der Waals surface area (Å²) in [5, 5.41) is 10.00. The zero-order valence-corrected chi connectivity index (χ0v) is 12.7. The van der Waals surface area contributed by atoms with Crippen LogP contribution in [-0.4, -0.2) is 13.2 Å². The Labute approximate surface area is 106 Å². The summed E-state index contributed by atoms with van der Waals surface area (Å²) in [6.45, 7) is 12.9. The molecular formula is C15H22OSi. The zero-order valence-electron chi connectivity index (χ0n) is 11.7. The molecule has 2 heteroatoms. The van der Waals surface area contributed by atoms with Crippen molar-refractivity contribution in [2.24, 2.45) is 0 Å². The molecule has 0 bridgehead atoms. The van der Waals surface area contributed by atoms with Gasteiger partial charge in [0.1, 0.15) is 13.8 Å². The lowest BCUT2D eigenvalue weighted by atomic mass is 9.86. The van der Waals surface area contributed by atoms with Crippen LogP contribution in [0.1, 0.15) is 31.9 Å². The van der Waals surface area contributed by atoms with Crippen molar-refractivity contribution in [1.82, 2.24) is 0 Å². The van der Waals surface area contributed by atoms with E-state index in [4.69, 9.17) is 0 Å². The van der Waals surface area contributed by atoms with Gasteiger partial charge in [-0.3, -0.25) is 0 Å². The molecule has 1 aromatic carbocycles. The Balaban J connectivity index is 3.09. The number of benzene rings is 1. The van der Waals surface area contributed by atoms with Gasteiger partial charge in [-0.25, -0.2) is 0 Å². The van der Waals surface area contributed by atoms with Gasteiger partial charge in [0.05, 0.1) is 0 Å². The molecule has 1 N–H and O–H groups in total. The second-order valence-electron chi connectivity index (χ2n) is 6.48. The van der Waals surface area contributed by atoms with Crippen molar-refractivity contribution in [3.05, 3.63) is 29.3 Å². The smallest absolute Gasteiger partial charge is 0.129 e. The van der Waals surface area contributed by atoms with Gasteiger partial charge in [-0.05, 0) is 23.1 Å². The molecule has 0 amide bonds. The highest BCUT2D eigenvalue weighted by atomic mass is 28.3. The van der Waals surface area contributed by atoms with Crippen LogP contribution in [0, 0.1) is 11.5 Å². The van der Waals surface area contributed by atoms with Gasteiger partial charge < -0.3 is 5.11 Å². The SMILES string of the molecule is CC(C)(C)c1ccc(C#C[Si](C)(C)C)cc1O. The first-order chi connectivity index (χ1) is 7.59. The summed E-state index contributed by atoms with van der Waals surface area (Å²) in [5.41, 5.74) is 5.14. The van der Waals surface area contributed by atoms with Crippen LogP contribution in [0.25, 0.3) is 0 Å². The molecule has 0 radical (unpaired) electrons. The van der Waals surface area contributed by atoms with Gasteiger partial charge in [-0.15, -0.1) is 5.54 Å². The Kier molecular flexibility index (Phi) is 3.73.